The van der Waals surface area contributed by atoms with E-state index in [1.54, 1.807) is 29.1 Å². The predicted octanol–water partition coefficient (Wildman–Crippen LogP) is 7.10. The molecule has 0 unspecified atom stereocenters. The minimum atomic E-state index is -1.26. The summed E-state index contributed by atoms with van der Waals surface area (Å²) in [5, 5.41) is 17.5. The first kappa shape index (κ1) is 25.0. The highest BCUT2D eigenvalue weighted by atomic mass is 16.4. The van der Waals surface area contributed by atoms with Gasteiger partial charge in [-0.15, -0.1) is 0 Å². The molecule has 7 heteroatoms. The number of amides is 1. The van der Waals surface area contributed by atoms with E-state index in [-0.39, 0.29) is 16.9 Å². The van der Waals surface area contributed by atoms with Gasteiger partial charge >= 0.3 is 5.97 Å². The largest absolute Gasteiger partial charge is 0.475 e. The number of aryl methyl sites for hydroxylation is 1. The number of carbonyl (C=O) groups is 2. The van der Waals surface area contributed by atoms with Crippen LogP contribution in [0.25, 0.3) is 27.8 Å². The van der Waals surface area contributed by atoms with E-state index in [1.165, 1.54) is 5.56 Å². The Bertz CT molecular complexity index is 1640. The van der Waals surface area contributed by atoms with E-state index in [4.69, 9.17) is 4.42 Å². The standard InChI is InChI=1S/C31H29N3O4/c1-5-19-6-13-24(14-7-19)34-18-22(17-32-34)21-10-15-26-25(16-21)27(28(38-26)30(36)37)33-29(35)20-8-11-23(12-9-20)31(2,3)4/h6-18H,5H2,1-4H3,(H,33,35)(H,36,37). The van der Waals surface area contributed by atoms with Gasteiger partial charge in [0.25, 0.3) is 5.91 Å². The van der Waals surface area contributed by atoms with Crippen molar-refractivity contribution >= 4 is 28.5 Å². The molecule has 0 aliphatic carbocycles. The Labute approximate surface area is 220 Å². The van der Waals surface area contributed by atoms with Crippen LogP contribution in [-0.4, -0.2) is 26.8 Å². The molecule has 38 heavy (non-hydrogen) atoms. The van der Waals surface area contributed by atoms with Gasteiger partial charge in [0, 0.05) is 22.7 Å². The number of nitrogens with one attached hydrogen (secondary N) is 1. The van der Waals surface area contributed by atoms with Gasteiger partial charge in [-0.05, 0) is 64.9 Å². The second-order valence-corrected chi connectivity index (χ2v) is 10.3. The zero-order chi connectivity index (χ0) is 27.0. The Kier molecular flexibility index (Phi) is 6.36. The molecule has 0 saturated heterocycles. The first-order chi connectivity index (χ1) is 18.1. The van der Waals surface area contributed by atoms with Crippen molar-refractivity contribution in [2.45, 2.75) is 39.5 Å². The van der Waals surface area contributed by atoms with Crippen molar-refractivity contribution in [1.29, 1.82) is 0 Å². The summed E-state index contributed by atoms with van der Waals surface area (Å²) in [6, 6.07) is 20.9. The van der Waals surface area contributed by atoms with Crippen LogP contribution in [0.2, 0.25) is 0 Å². The molecule has 0 spiro atoms. The summed E-state index contributed by atoms with van der Waals surface area (Å²) >= 11 is 0. The average Bonchev–Trinajstić information content (AvgIpc) is 3.54. The third kappa shape index (κ3) is 4.83. The molecule has 0 bridgehead atoms. The van der Waals surface area contributed by atoms with E-state index >= 15 is 0 Å². The maximum Gasteiger partial charge on any atom is 0.374 e. The van der Waals surface area contributed by atoms with Crippen LogP contribution in [-0.2, 0) is 11.8 Å². The van der Waals surface area contributed by atoms with Crippen molar-refractivity contribution in [3.63, 3.8) is 0 Å². The van der Waals surface area contributed by atoms with Crippen molar-refractivity contribution in [3.8, 4) is 16.8 Å². The lowest BCUT2D eigenvalue weighted by Gasteiger charge is -2.19. The summed E-state index contributed by atoms with van der Waals surface area (Å²) in [5.74, 6) is -1.99. The van der Waals surface area contributed by atoms with Gasteiger partial charge in [-0.25, -0.2) is 9.48 Å². The number of furan rings is 1. The Morgan fingerprint density at radius 3 is 2.32 bits per heavy atom. The number of aromatic carboxylic acids is 1. The lowest BCUT2D eigenvalue weighted by atomic mass is 9.87. The van der Waals surface area contributed by atoms with Crippen LogP contribution in [0.5, 0.6) is 0 Å². The predicted molar refractivity (Wildman–Crippen MR) is 148 cm³/mol. The molecule has 1 amide bonds. The first-order valence-electron chi connectivity index (χ1n) is 12.5. The third-order valence-corrected chi connectivity index (χ3v) is 6.66. The van der Waals surface area contributed by atoms with Crippen molar-refractivity contribution in [3.05, 3.63) is 102 Å². The lowest BCUT2D eigenvalue weighted by molar-refractivity contribution is 0.0666. The molecule has 5 rings (SSSR count). The zero-order valence-corrected chi connectivity index (χ0v) is 21.8. The van der Waals surface area contributed by atoms with E-state index < -0.39 is 11.9 Å². The quantitative estimate of drug-likeness (QED) is 0.256. The van der Waals surface area contributed by atoms with Gasteiger partial charge in [0.2, 0.25) is 5.76 Å². The van der Waals surface area contributed by atoms with Crippen LogP contribution in [0.3, 0.4) is 0 Å². The fourth-order valence-corrected chi connectivity index (χ4v) is 4.36. The van der Waals surface area contributed by atoms with Crippen molar-refractivity contribution < 1.29 is 19.1 Å². The fourth-order valence-electron chi connectivity index (χ4n) is 4.36. The number of benzene rings is 3. The molecule has 3 aromatic carbocycles. The van der Waals surface area contributed by atoms with Crippen molar-refractivity contribution in [1.82, 2.24) is 9.78 Å². The van der Waals surface area contributed by atoms with Crippen LogP contribution in [0.4, 0.5) is 5.69 Å². The summed E-state index contributed by atoms with van der Waals surface area (Å²) in [6.45, 7) is 8.41. The second kappa shape index (κ2) is 9.67. The zero-order valence-electron chi connectivity index (χ0n) is 21.8. The fraction of sp³-hybridized carbons (Fsp3) is 0.194. The summed E-state index contributed by atoms with van der Waals surface area (Å²) in [6.07, 6.45) is 4.63. The molecule has 0 radical (unpaired) electrons. The van der Waals surface area contributed by atoms with Crippen LogP contribution in [0.15, 0.2) is 83.5 Å². The minimum Gasteiger partial charge on any atom is -0.475 e. The van der Waals surface area contributed by atoms with Crippen molar-refractivity contribution in [2.75, 3.05) is 5.32 Å². The molecular formula is C31H29N3O4. The molecule has 0 aliphatic rings. The summed E-state index contributed by atoms with van der Waals surface area (Å²) < 4.78 is 7.41. The van der Waals surface area contributed by atoms with Crippen LogP contribution in [0, 0.1) is 0 Å². The molecule has 5 aromatic rings. The van der Waals surface area contributed by atoms with Gasteiger partial charge in [-0.1, -0.05) is 58.0 Å². The molecule has 0 saturated carbocycles. The summed E-state index contributed by atoms with van der Waals surface area (Å²) in [5.41, 5.74) is 5.83. The summed E-state index contributed by atoms with van der Waals surface area (Å²) in [7, 11) is 0. The minimum absolute atomic E-state index is 0.0462. The molecular weight excluding hydrogens is 478 g/mol. The van der Waals surface area contributed by atoms with E-state index in [0.717, 1.165) is 28.8 Å². The first-order valence-corrected chi connectivity index (χ1v) is 12.5. The lowest BCUT2D eigenvalue weighted by Crippen LogP contribution is -2.15. The van der Waals surface area contributed by atoms with Gasteiger partial charge in [0.05, 0.1) is 11.9 Å². The number of fused-ring (bicyclic) bond motifs is 1. The molecule has 2 N–H and O–H groups in total. The molecule has 192 valence electrons. The van der Waals surface area contributed by atoms with E-state index in [2.05, 4.69) is 50.2 Å². The van der Waals surface area contributed by atoms with Crippen LogP contribution in [0.1, 0.15) is 59.7 Å². The smallest absolute Gasteiger partial charge is 0.374 e. The Morgan fingerprint density at radius 2 is 1.68 bits per heavy atom. The van der Waals surface area contributed by atoms with E-state index in [1.807, 2.05) is 42.6 Å². The SMILES string of the molecule is CCc1ccc(-n2cc(-c3ccc4oc(C(=O)O)c(NC(=O)c5ccc(C(C)(C)C)cc5)c4c3)cn2)cc1. The van der Waals surface area contributed by atoms with Gasteiger partial charge < -0.3 is 14.8 Å². The number of anilines is 1. The average molecular weight is 508 g/mol. The van der Waals surface area contributed by atoms with Crippen LogP contribution < -0.4 is 5.32 Å². The molecule has 2 aromatic heterocycles. The topological polar surface area (TPSA) is 97.4 Å². The number of nitrogens with zero attached hydrogens (tertiary/aromatic N) is 2. The van der Waals surface area contributed by atoms with E-state index in [0.29, 0.717) is 16.5 Å². The van der Waals surface area contributed by atoms with Crippen LogP contribution >= 0.6 is 0 Å². The highest BCUT2D eigenvalue weighted by molar-refractivity contribution is 6.13. The number of aromatic nitrogens is 2. The Morgan fingerprint density at radius 1 is 0.974 bits per heavy atom. The molecule has 7 nitrogen and oxygen atoms in total. The van der Waals surface area contributed by atoms with Gasteiger partial charge in [0.1, 0.15) is 11.3 Å². The maximum atomic E-state index is 13.1. The maximum absolute atomic E-state index is 13.1. The summed E-state index contributed by atoms with van der Waals surface area (Å²) in [4.78, 5) is 25.1. The Hall–Kier alpha value is -4.65. The number of rotatable bonds is 6. The van der Waals surface area contributed by atoms with Gasteiger partial charge in [-0.3, -0.25) is 4.79 Å². The monoisotopic (exact) mass is 507 g/mol. The van der Waals surface area contributed by atoms with Gasteiger partial charge in [-0.2, -0.15) is 5.10 Å². The highest BCUT2D eigenvalue weighted by Gasteiger charge is 2.23. The number of carbonyl (C=O) groups excluding carboxylic acids is 1. The molecule has 0 aliphatic heterocycles. The van der Waals surface area contributed by atoms with Gasteiger partial charge in [0.15, 0.2) is 0 Å². The molecule has 0 atom stereocenters. The number of hydrogen-bond donors (Lipinski definition) is 2. The third-order valence-electron chi connectivity index (χ3n) is 6.66. The van der Waals surface area contributed by atoms with E-state index in [9.17, 15) is 14.7 Å². The number of hydrogen-bond acceptors (Lipinski definition) is 4. The normalized spacial score (nSPS) is 11.6. The van der Waals surface area contributed by atoms with Crippen molar-refractivity contribution in [2.24, 2.45) is 0 Å². The number of carboxylic acid groups (broad SMARTS) is 1. The highest BCUT2D eigenvalue weighted by Crippen LogP contribution is 2.35. The number of carboxylic acids is 1. The Balaban J connectivity index is 1.48. The molecule has 0 fully saturated rings. The second-order valence-electron chi connectivity index (χ2n) is 10.3. The molecule has 2 heterocycles.